The normalized spacial score (nSPS) is 10.3. The molecule has 0 saturated carbocycles. The SMILES string of the molecule is COc1cccc(Cl)c1CNc1ccccc1CO. The Kier molecular flexibility index (Phi) is 4.66. The number of ether oxygens (including phenoxy) is 1. The van der Waals surface area contributed by atoms with Crippen molar-refractivity contribution < 1.29 is 9.84 Å². The van der Waals surface area contributed by atoms with E-state index in [1.807, 2.05) is 42.5 Å². The number of anilines is 1. The van der Waals surface area contributed by atoms with E-state index >= 15 is 0 Å². The van der Waals surface area contributed by atoms with Crippen LogP contribution in [0.15, 0.2) is 42.5 Å². The molecule has 0 atom stereocenters. The van der Waals surface area contributed by atoms with Crippen molar-refractivity contribution in [3.8, 4) is 5.75 Å². The van der Waals surface area contributed by atoms with Gasteiger partial charge in [-0.1, -0.05) is 35.9 Å². The number of nitrogens with one attached hydrogen (secondary N) is 1. The molecular weight excluding hydrogens is 262 g/mol. The Hall–Kier alpha value is -1.71. The zero-order valence-electron chi connectivity index (χ0n) is 10.7. The van der Waals surface area contributed by atoms with Gasteiger partial charge < -0.3 is 15.2 Å². The van der Waals surface area contributed by atoms with E-state index in [1.54, 1.807) is 7.11 Å². The van der Waals surface area contributed by atoms with E-state index in [-0.39, 0.29) is 6.61 Å². The van der Waals surface area contributed by atoms with Crippen LogP contribution < -0.4 is 10.1 Å². The fourth-order valence-electron chi connectivity index (χ4n) is 1.92. The summed E-state index contributed by atoms with van der Waals surface area (Å²) < 4.78 is 5.30. The average molecular weight is 278 g/mol. The molecule has 0 aliphatic carbocycles. The number of hydrogen-bond acceptors (Lipinski definition) is 3. The highest BCUT2D eigenvalue weighted by Crippen LogP contribution is 2.27. The van der Waals surface area contributed by atoms with Crippen LogP contribution in [0.5, 0.6) is 5.75 Å². The van der Waals surface area contributed by atoms with E-state index in [2.05, 4.69) is 5.32 Å². The molecule has 2 N–H and O–H groups in total. The van der Waals surface area contributed by atoms with E-state index in [4.69, 9.17) is 16.3 Å². The largest absolute Gasteiger partial charge is 0.496 e. The summed E-state index contributed by atoms with van der Waals surface area (Å²) in [5.74, 6) is 0.751. The van der Waals surface area contributed by atoms with Gasteiger partial charge in [0, 0.05) is 28.4 Å². The van der Waals surface area contributed by atoms with Crippen molar-refractivity contribution in [2.45, 2.75) is 13.2 Å². The zero-order valence-corrected chi connectivity index (χ0v) is 11.4. The molecule has 2 aromatic carbocycles. The van der Waals surface area contributed by atoms with Crippen molar-refractivity contribution in [1.82, 2.24) is 0 Å². The van der Waals surface area contributed by atoms with Crippen LogP contribution in [0.1, 0.15) is 11.1 Å². The van der Waals surface area contributed by atoms with Crippen LogP contribution in [0.4, 0.5) is 5.69 Å². The Morgan fingerprint density at radius 3 is 2.68 bits per heavy atom. The van der Waals surface area contributed by atoms with Crippen LogP contribution >= 0.6 is 11.6 Å². The summed E-state index contributed by atoms with van der Waals surface area (Å²) in [6.07, 6.45) is 0. The molecule has 0 unspecified atom stereocenters. The topological polar surface area (TPSA) is 41.5 Å². The Balaban J connectivity index is 2.19. The van der Waals surface area contributed by atoms with Crippen LogP contribution in [-0.4, -0.2) is 12.2 Å². The molecule has 19 heavy (non-hydrogen) atoms. The quantitative estimate of drug-likeness (QED) is 0.879. The lowest BCUT2D eigenvalue weighted by Crippen LogP contribution is -2.04. The maximum Gasteiger partial charge on any atom is 0.125 e. The molecule has 3 nitrogen and oxygen atoms in total. The summed E-state index contributed by atoms with van der Waals surface area (Å²) >= 11 is 6.18. The minimum absolute atomic E-state index is 0.00281. The van der Waals surface area contributed by atoms with Gasteiger partial charge in [0.1, 0.15) is 5.75 Å². The maximum absolute atomic E-state index is 9.28. The summed E-state index contributed by atoms with van der Waals surface area (Å²) in [7, 11) is 1.62. The molecule has 0 bridgehead atoms. The minimum Gasteiger partial charge on any atom is -0.496 e. The van der Waals surface area contributed by atoms with Gasteiger partial charge in [0.2, 0.25) is 0 Å². The number of methoxy groups -OCH3 is 1. The first kappa shape index (κ1) is 13.7. The maximum atomic E-state index is 9.28. The lowest BCUT2D eigenvalue weighted by Gasteiger charge is -2.14. The molecule has 0 saturated heterocycles. The summed E-state index contributed by atoms with van der Waals surface area (Å²) in [5, 5.41) is 13.2. The molecule has 2 aromatic rings. The number of hydrogen-bond donors (Lipinski definition) is 2. The number of para-hydroxylation sites is 1. The van der Waals surface area contributed by atoms with Gasteiger partial charge in [0.05, 0.1) is 13.7 Å². The second-order valence-electron chi connectivity index (χ2n) is 4.09. The van der Waals surface area contributed by atoms with Gasteiger partial charge in [-0.2, -0.15) is 0 Å². The first-order valence-corrected chi connectivity index (χ1v) is 6.38. The molecule has 0 fully saturated rings. The third-order valence-electron chi connectivity index (χ3n) is 2.94. The molecule has 0 amide bonds. The molecule has 0 aromatic heterocycles. The van der Waals surface area contributed by atoms with Gasteiger partial charge in [-0.15, -0.1) is 0 Å². The first-order chi connectivity index (χ1) is 9.26. The van der Waals surface area contributed by atoms with Crippen LogP contribution in [0.3, 0.4) is 0 Å². The van der Waals surface area contributed by atoms with Crippen molar-refractivity contribution in [2.24, 2.45) is 0 Å². The molecule has 0 aliphatic heterocycles. The highest BCUT2D eigenvalue weighted by Gasteiger charge is 2.08. The van der Waals surface area contributed by atoms with Gasteiger partial charge in [0.25, 0.3) is 0 Å². The van der Waals surface area contributed by atoms with Crippen molar-refractivity contribution in [3.05, 3.63) is 58.6 Å². The molecule has 0 spiro atoms. The third kappa shape index (κ3) is 3.19. The van der Waals surface area contributed by atoms with Crippen LogP contribution in [-0.2, 0) is 13.2 Å². The average Bonchev–Trinajstić information content (AvgIpc) is 2.46. The molecule has 0 heterocycles. The second kappa shape index (κ2) is 6.45. The van der Waals surface area contributed by atoms with Gasteiger partial charge in [-0.05, 0) is 18.2 Å². The fourth-order valence-corrected chi connectivity index (χ4v) is 2.15. The molecule has 0 radical (unpaired) electrons. The van der Waals surface area contributed by atoms with Gasteiger partial charge in [-0.3, -0.25) is 0 Å². The summed E-state index contributed by atoms with van der Waals surface area (Å²) in [6, 6.07) is 13.2. The second-order valence-corrected chi connectivity index (χ2v) is 4.50. The smallest absolute Gasteiger partial charge is 0.125 e. The van der Waals surface area contributed by atoms with E-state index in [1.165, 1.54) is 0 Å². The number of benzene rings is 2. The molecule has 4 heteroatoms. The highest BCUT2D eigenvalue weighted by atomic mass is 35.5. The highest BCUT2D eigenvalue weighted by molar-refractivity contribution is 6.31. The Labute approximate surface area is 117 Å². The summed E-state index contributed by atoms with van der Waals surface area (Å²) in [5.41, 5.74) is 2.65. The number of aliphatic hydroxyl groups excluding tert-OH is 1. The van der Waals surface area contributed by atoms with Gasteiger partial charge in [0.15, 0.2) is 0 Å². The Bertz CT molecular complexity index is 558. The summed E-state index contributed by atoms with van der Waals surface area (Å²) in [4.78, 5) is 0. The predicted octanol–water partition coefficient (Wildman–Crippen LogP) is 3.45. The standard InChI is InChI=1S/C15H16ClNO2/c1-19-15-8-4-6-13(16)12(15)9-17-14-7-3-2-5-11(14)10-18/h2-8,17-18H,9-10H2,1H3. The Morgan fingerprint density at radius 1 is 1.16 bits per heavy atom. The monoisotopic (exact) mass is 277 g/mol. The van der Waals surface area contributed by atoms with Gasteiger partial charge in [-0.25, -0.2) is 0 Å². The first-order valence-electron chi connectivity index (χ1n) is 6.00. The van der Waals surface area contributed by atoms with Crippen molar-refractivity contribution >= 4 is 17.3 Å². The lowest BCUT2D eigenvalue weighted by atomic mass is 10.1. The van der Waals surface area contributed by atoms with E-state index in [0.29, 0.717) is 11.6 Å². The van der Waals surface area contributed by atoms with Crippen molar-refractivity contribution in [2.75, 3.05) is 12.4 Å². The zero-order chi connectivity index (χ0) is 13.7. The molecule has 0 aliphatic rings. The van der Waals surface area contributed by atoms with Crippen LogP contribution in [0.25, 0.3) is 0 Å². The molecule has 100 valence electrons. The lowest BCUT2D eigenvalue weighted by molar-refractivity contribution is 0.282. The van der Waals surface area contributed by atoms with Crippen molar-refractivity contribution in [1.29, 1.82) is 0 Å². The minimum atomic E-state index is 0.00281. The molecule has 2 rings (SSSR count). The van der Waals surface area contributed by atoms with Crippen LogP contribution in [0.2, 0.25) is 5.02 Å². The number of rotatable bonds is 5. The fraction of sp³-hybridized carbons (Fsp3) is 0.200. The predicted molar refractivity (Wildman–Crippen MR) is 77.7 cm³/mol. The number of halogens is 1. The summed E-state index contributed by atoms with van der Waals surface area (Å²) in [6.45, 7) is 0.544. The molecular formula is C15H16ClNO2. The van der Waals surface area contributed by atoms with E-state index < -0.39 is 0 Å². The van der Waals surface area contributed by atoms with E-state index in [9.17, 15) is 5.11 Å². The van der Waals surface area contributed by atoms with Crippen molar-refractivity contribution in [3.63, 3.8) is 0 Å². The van der Waals surface area contributed by atoms with E-state index in [0.717, 1.165) is 22.6 Å². The van der Waals surface area contributed by atoms with Gasteiger partial charge >= 0.3 is 0 Å². The van der Waals surface area contributed by atoms with Crippen LogP contribution in [0, 0.1) is 0 Å². The third-order valence-corrected chi connectivity index (χ3v) is 3.29. The Morgan fingerprint density at radius 2 is 1.95 bits per heavy atom. The number of aliphatic hydroxyl groups is 1.